The van der Waals surface area contributed by atoms with Crippen LogP contribution in [0.2, 0.25) is 0 Å². The largest absolute Gasteiger partial charge is 0.467 e. The number of nitrogens with zero attached hydrogens (tertiary/aromatic N) is 2. The van der Waals surface area contributed by atoms with E-state index in [1.807, 2.05) is 54.6 Å². The standard InChI is InChI=1S/C30H32N4O4S/c35-27(31-17-21-7-2-1-3-8-21)20-39-30-33-26-11-5-4-10-25(26)29(37)34(30)19-22-12-14-23(15-13-22)28(36)32-18-24-9-6-16-38-24/h1-11,16,22-23H,12-15,17-20H2,(H,31,35)(H,32,36). The second kappa shape index (κ2) is 12.8. The van der Waals surface area contributed by atoms with Crippen LogP contribution < -0.4 is 16.2 Å². The van der Waals surface area contributed by atoms with Crippen LogP contribution in [0, 0.1) is 11.8 Å². The van der Waals surface area contributed by atoms with E-state index in [0.29, 0.717) is 35.7 Å². The fourth-order valence-corrected chi connectivity index (χ4v) is 5.83. The van der Waals surface area contributed by atoms with E-state index in [-0.39, 0.29) is 35.0 Å². The fraction of sp³-hybridized carbons (Fsp3) is 0.333. The third kappa shape index (κ3) is 6.97. The van der Waals surface area contributed by atoms with Crippen molar-refractivity contribution >= 4 is 34.5 Å². The molecule has 0 radical (unpaired) electrons. The van der Waals surface area contributed by atoms with Crippen molar-refractivity contribution in [1.29, 1.82) is 0 Å². The van der Waals surface area contributed by atoms with Crippen LogP contribution in [-0.4, -0.2) is 27.1 Å². The van der Waals surface area contributed by atoms with Gasteiger partial charge in [-0.15, -0.1) is 0 Å². The Kier molecular flexibility index (Phi) is 8.78. The molecule has 2 amide bonds. The molecule has 39 heavy (non-hydrogen) atoms. The van der Waals surface area contributed by atoms with E-state index in [9.17, 15) is 14.4 Å². The van der Waals surface area contributed by atoms with E-state index in [0.717, 1.165) is 37.0 Å². The highest BCUT2D eigenvalue weighted by molar-refractivity contribution is 7.99. The fourth-order valence-electron chi connectivity index (χ4n) is 4.99. The zero-order valence-electron chi connectivity index (χ0n) is 21.7. The van der Waals surface area contributed by atoms with E-state index in [1.165, 1.54) is 11.8 Å². The number of benzene rings is 2. The first-order valence-corrected chi connectivity index (χ1v) is 14.3. The van der Waals surface area contributed by atoms with Crippen molar-refractivity contribution in [1.82, 2.24) is 20.2 Å². The van der Waals surface area contributed by atoms with Crippen molar-refractivity contribution in [2.45, 2.75) is 50.5 Å². The number of nitrogens with one attached hydrogen (secondary N) is 2. The molecule has 0 spiro atoms. The molecule has 5 rings (SSSR count). The molecule has 1 aliphatic rings. The summed E-state index contributed by atoms with van der Waals surface area (Å²) in [6.45, 7) is 1.37. The molecule has 1 saturated carbocycles. The summed E-state index contributed by atoms with van der Waals surface area (Å²) in [6.07, 6.45) is 4.84. The second-order valence-corrected chi connectivity index (χ2v) is 10.8. The topological polar surface area (TPSA) is 106 Å². The molecule has 0 atom stereocenters. The molecule has 0 bridgehead atoms. The van der Waals surface area contributed by atoms with E-state index < -0.39 is 0 Å². The Bertz CT molecular complexity index is 1460. The highest BCUT2D eigenvalue weighted by Crippen LogP contribution is 2.31. The molecule has 2 N–H and O–H groups in total. The number of furan rings is 1. The Morgan fingerprint density at radius 2 is 1.69 bits per heavy atom. The summed E-state index contributed by atoms with van der Waals surface area (Å²) >= 11 is 1.29. The van der Waals surface area contributed by atoms with Crippen molar-refractivity contribution in [3.8, 4) is 0 Å². The van der Waals surface area contributed by atoms with Gasteiger partial charge < -0.3 is 15.1 Å². The highest BCUT2D eigenvalue weighted by Gasteiger charge is 2.27. The summed E-state index contributed by atoms with van der Waals surface area (Å²) < 4.78 is 7.02. The number of carbonyl (C=O) groups excluding carboxylic acids is 2. The molecule has 0 saturated heterocycles. The lowest BCUT2D eigenvalue weighted by Crippen LogP contribution is -2.34. The third-order valence-corrected chi connectivity index (χ3v) is 8.14. The zero-order chi connectivity index (χ0) is 27.0. The van der Waals surface area contributed by atoms with Gasteiger partial charge >= 0.3 is 0 Å². The quantitative estimate of drug-likeness (QED) is 0.225. The molecule has 202 valence electrons. The molecule has 2 aromatic heterocycles. The molecule has 9 heteroatoms. The third-order valence-electron chi connectivity index (χ3n) is 7.17. The van der Waals surface area contributed by atoms with Crippen LogP contribution in [0.1, 0.15) is 37.0 Å². The van der Waals surface area contributed by atoms with Crippen LogP contribution >= 0.6 is 11.8 Å². The maximum absolute atomic E-state index is 13.5. The first kappa shape index (κ1) is 26.7. The molecule has 1 fully saturated rings. The number of thioether (sulfide) groups is 1. The number of rotatable bonds is 10. The van der Waals surface area contributed by atoms with Gasteiger partial charge in [-0.25, -0.2) is 4.98 Å². The lowest BCUT2D eigenvalue weighted by molar-refractivity contribution is -0.126. The molecule has 0 aliphatic heterocycles. The molecule has 1 aliphatic carbocycles. The summed E-state index contributed by atoms with van der Waals surface area (Å²) in [6, 6.07) is 20.7. The van der Waals surface area contributed by atoms with Gasteiger partial charge in [0.15, 0.2) is 5.16 Å². The van der Waals surface area contributed by atoms with Crippen molar-refractivity contribution in [3.63, 3.8) is 0 Å². The Labute approximate surface area is 231 Å². The van der Waals surface area contributed by atoms with Crippen LogP contribution in [0.4, 0.5) is 0 Å². The molecule has 4 aromatic rings. The average Bonchev–Trinajstić information content (AvgIpc) is 3.50. The molecule has 2 aromatic carbocycles. The average molecular weight is 545 g/mol. The summed E-state index contributed by atoms with van der Waals surface area (Å²) in [5.74, 6) is 1.06. The number of hydrogen-bond donors (Lipinski definition) is 2. The Balaban J connectivity index is 1.22. The smallest absolute Gasteiger partial charge is 0.262 e. The number of aromatic nitrogens is 2. The van der Waals surface area contributed by atoms with Gasteiger partial charge in [0.05, 0.1) is 29.5 Å². The zero-order valence-corrected chi connectivity index (χ0v) is 22.5. The summed E-state index contributed by atoms with van der Waals surface area (Å²) in [4.78, 5) is 43.5. The van der Waals surface area contributed by atoms with E-state index in [4.69, 9.17) is 9.40 Å². The minimum absolute atomic E-state index is 0.0372. The van der Waals surface area contributed by atoms with Gasteiger partial charge in [-0.1, -0.05) is 54.2 Å². The predicted octanol–water partition coefficient (Wildman–Crippen LogP) is 4.52. The van der Waals surface area contributed by atoms with E-state index in [1.54, 1.807) is 23.0 Å². The predicted molar refractivity (Wildman–Crippen MR) is 151 cm³/mol. The van der Waals surface area contributed by atoms with Gasteiger partial charge in [0.25, 0.3) is 5.56 Å². The summed E-state index contributed by atoms with van der Waals surface area (Å²) in [5, 5.41) is 7.02. The summed E-state index contributed by atoms with van der Waals surface area (Å²) in [5.41, 5.74) is 1.57. The first-order valence-electron chi connectivity index (χ1n) is 13.3. The molecule has 8 nitrogen and oxygen atoms in total. The minimum atomic E-state index is -0.112. The SMILES string of the molecule is O=C(CSc1nc2ccccc2c(=O)n1CC1CCC(C(=O)NCc2ccco2)CC1)NCc1ccccc1. The second-order valence-electron chi connectivity index (χ2n) is 9.89. The molecular weight excluding hydrogens is 512 g/mol. The monoisotopic (exact) mass is 544 g/mol. The van der Waals surface area contributed by atoms with Crippen molar-refractivity contribution in [3.05, 3.63) is 94.7 Å². The van der Waals surface area contributed by atoms with Gasteiger partial charge in [0.2, 0.25) is 11.8 Å². The lowest BCUT2D eigenvalue weighted by Gasteiger charge is -2.28. The van der Waals surface area contributed by atoms with Crippen LogP contribution in [-0.2, 0) is 29.2 Å². The minimum Gasteiger partial charge on any atom is -0.467 e. The van der Waals surface area contributed by atoms with Gasteiger partial charge in [-0.2, -0.15) is 0 Å². The van der Waals surface area contributed by atoms with Gasteiger partial charge in [0, 0.05) is 19.0 Å². The Morgan fingerprint density at radius 1 is 0.923 bits per heavy atom. The maximum atomic E-state index is 13.5. The normalized spacial score (nSPS) is 17.1. The van der Waals surface area contributed by atoms with Gasteiger partial charge in [-0.3, -0.25) is 19.0 Å². The van der Waals surface area contributed by atoms with Gasteiger partial charge in [-0.05, 0) is 61.4 Å². The Hall–Kier alpha value is -3.85. The number of fused-ring (bicyclic) bond motifs is 1. The maximum Gasteiger partial charge on any atom is 0.262 e. The number of amides is 2. The summed E-state index contributed by atoms with van der Waals surface area (Å²) in [7, 11) is 0. The van der Waals surface area contributed by atoms with Crippen LogP contribution in [0.3, 0.4) is 0 Å². The van der Waals surface area contributed by atoms with Crippen LogP contribution in [0.25, 0.3) is 10.9 Å². The van der Waals surface area contributed by atoms with Crippen molar-refractivity contribution < 1.29 is 14.0 Å². The molecule has 2 heterocycles. The van der Waals surface area contributed by atoms with Crippen LogP contribution in [0.5, 0.6) is 0 Å². The van der Waals surface area contributed by atoms with E-state index in [2.05, 4.69) is 10.6 Å². The van der Waals surface area contributed by atoms with Crippen molar-refractivity contribution in [2.24, 2.45) is 11.8 Å². The van der Waals surface area contributed by atoms with Crippen molar-refractivity contribution in [2.75, 3.05) is 5.75 Å². The molecular formula is C30H32N4O4S. The molecule has 0 unspecified atom stereocenters. The van der Waals surface area contributed by atoms with Crippen LogP contribution in [0.15, 0.2) is 87.4 Å². The number of carbonyl (C=O) groups is 2. The highest BCUT2D eigenvalue weighted by atomic mass is 32.2. The van der Waals surface area contributed by atoms with Gasteiger partial charge in [0.1, 0.15) is 5.76 Å². The number of para-hydroxylation sites is 1. The number of hydrogen-bond acceptors (Lipinski definition) is 6. The van der Waals surface area contributed by atoms with E-state index >= 15 is 0 Å². The Morgan fingerprint density at radius 3 is 2.46 bits per heavy atom. The first-order chi connectivity index (χ1) is 19.1. The lowest BCUT2D eigenvalue weighted by atomic mass is 9.81.